The van der Waals surface area contributed by atoms with E-state index in [4.69, 9.17) is 9.47 Å². The second-order valence-electron chi connectivity index (χ2n) is 24.9. The molecule has 6 aromatic carbocycles. The fourth-order valence-electron chi connectivity index (χ4n) is 13.4. The number of benzene rings is 6. The molecule has 3 aromatic heterocycles. The van der Waals surface area contributed by atoms with Gasteiger partial charge in [-0.15, -0.1) is 34.0 Å². The van der Waals surface area contributed by atoms with Crippen molar-refractivity contribution in [3.63, 3.8) is 0 Å². The normalized spacial score (nSPS) is 13.9. The third-order valence-electron chi connectivity index (χ3n) is 19.3. The molecule has 5 atom stereocenters. The van der Waals surface area contributed by atoms with Crippen molar-refractivity contribution >= 4 is 34.0 Å². The summed E-state index contributed by atoms with van der Waals surface area (Å²) in [5.74, 6) is 1.19. The Morgan fingerprint density at radius 1 is 0.473 bits per heavy atom. The van der Waals surface area contributed by atoms with Crippen LogP contribution < -0.4 is 9.47 Å². The Morgan fingerprint density at radius 3 is 1.57 bits per heavy atom. The summed E-state index contributed by atoms with van der Waals surface area (Å²) in [6.07, 6.45) is 2.62. The number of aliphatic hydroxyl groups is 9. The molecule has 14 heteroatoms. The Labute approximate surface area is 561 Å². The molecule has 0 saturated carbocycles. The van der Waals surface area contributed by atoms with Gasteiger partial charge in [0.2, 0.25) is 0 Å². The Kier molecular flexibility index (Phi) is 24.4. The van der Waals surface area contributed by atoms with Gasteiger partial charge in [-0.05, 0) is 251 Å². The molecule has 5 unspecified atom stereocenters. The number of hydrogen-bond acceptors (Lipinski definition) is 14. The highest BCUT2D eigenvalue weighted by atomic mass is 32.1. The first-order valence-corrected chi connectivity index (χ1v) is 35.4. The van der Waals surface area contributed by atoms with E-state index in [0.29, 0.717) is 55.1 Å². The Hall–Kier alpha value is -6.34. The highest BCUT2D eigenvalue weighted by molar-refractivity contribution is 7.12. The summed E-state index contributed by atoms with van der Waals surface area (Å²) in [7, 11) is 0. The van der Waals surface area contributed by atoms with Gasteiger partial charge in [0.25, 0.3) is 0 Å². The molecule has 0 amide bonds. The Morgan fingerprint density at radius 2 is 1.00 bits per heavy atom. The zero-order chi connectivity index (χ0) is 66.7. The molecule has 9 N–H and O–H groups in total. The second-order valence-corrected chi connectivity index (χ2v) is 28.6. The van der Waals surface area contributed by atoms with Crippen LogP contribution in [0.15, 0.2) is 133 Å². The molecular formula is C79H94O11S3. The van der Waals surface area contributed by atoms with Crippen molar-refractivity contribution < 1.29 is 55.4 Å². The maximum Gasteiger partial charge on any atom is 0.150 e. The minimum Gasteiger partial charge on any atom is -0.488 e. The van der Waals surface area contributed by atoms with Gasteiger partial charge in [0.05, 0.1) is 25.4 Å². The van der Waals surface area contributed by atoms with E-state index in [2.05, 4.69) is 121 Å². The minimum atomic E-state index is -2.69. The highest BCUT2D eigenvalue weighted by Crippen LogP contribution is 2.50. The van der Waals surface area contributed by atoms with Gasteiger partial charge < -0.3 is 55.4 Å². The maximum atomic E-state index is 13.9. The lowest BCUT2D eigenvalue weighted by Crippen LogP contribution is -2.41. The van der Waals surface area contributed by atoms with Gasteiger partial charge in [-0.2, -0.15) is 0 Å². The molecule has 0 bridgehead atoms. The van der Waals surface area contributed by atoms with Crippen LogP contribution in [0.5, 0.6) is 11.5 Å². The number of rotatable bonds is 32. The topological polar surface area (TPSA) is 201 Å². The Balaban J connectivity index is 1.05. The minimum absolute atomic E-state index is 0.0272. The van der Waals surface area contributed by atoms with E-state index in [-0.39, 0.29) is 60.2 Å². The number of aliphatic hydroxyl groups excluding tert-OH is 7. The molecule has 3 heterocycles. The van der Waals surface area contributed by atoms with Crippen molar-refractivity contribution in [2.75, 3.05) is 13.2 Å². The fraction of sp³-hybridized carbons (Fsp3) is 0.392. The van der Waals surface area contributed by atoms with Crippen molar-refractivity contribution in [2.24, 2.45) is 0 Å². The van der Waals surface area contributed by atoms with Gasteiger partial charge in [-0.1, -0.05) is 120 Å². The van der Waals surface area contributed by atoms with Gasteiger partial charge >= 0.3 is 0 Å². The third kappa shape index (κ3) is 15.7. The first kappa shape index (κ1) is 71.0. The predicted octanol–water partition coefficient (Wildman–Crippen LogP) is 16.5. The fourth-order valence-corrected chi connectivity index (χ4v) is 16.3. The summed E-state index contributed by atoms with van der Waals surface area (Å²) in [6.45, 7) is 17.8. The van der Waals surface area contributed by atoms with Crippen molar-refractivity contribution in [3.8, 4) is 44.9 Å². The lowest BCUT2D eigenvalue weighted by molar-refractivity contribution is -0.160. The van der Waals surface area contributed by atoms with E-state index >= 15 is 0 Å². The molecule has 9 aromatic rings. The van der Waals surface area contributed by atoms with Crippen molar-refractivity contribution in [1.29, 1.82) is 0 Å². The molecule has 0 fully saturated rings. The Bertz CT molecular complexity index is 3960. The van der Waals surface area contributed by atoms with E-state index in [0.717, 1.165) is 95.3 Å². The van der Waals surface area contributed by atoms with E-state index in [1.54, 1.807) is 82.5 Å². The summed E-state index contributed by atoms with van der Waals surface area (Å²) in [5, 5.41) is 106. The third-order valence-corrected chi connectivity index (χ3v) is 22.3. The lowest BCUT2D eigenvalue weighted by atomic mass is 9.74. The van der Waals surface area contributed by atoms with Gasteiger partial charge in [-0.25, -0.2) is 0 Å². The summed E-state index contributed by atoms with van der Waals surface area (Å²) in [6, 6.07) is 40.9. The summed E-state index contributed by atoms with van der Waals surface area (Å²) < 4.78 is 13.0. The zero-order valence-corrected chi connectivity index (χ0v) is 57.8. The van der Waals surface area contributed by atoms with Crippen LogP contribution in [0, 0.1) is 27.7 Å². The van der Waals surface area contributed by atoms with Crippen LogP contribution in [0.2, 0.25) is 0 Å². The molecule has 0 aliphatic rings. The molecular weight excluding hydrogens is 1220 g/mol. The van der Waals surface area contributed by atoms with Crippen LogP contribution in [0.3, 0.4) is 0 Å². The first-order chi connectivity index (χ1) is 44.8. The van der Waals surface area contributed by atoms with Gasteiger partial charge in [0, 0.05) is 37.6 Å². The van der Waals surface area contributed by atoms with Crippen molar-refractivity contribution in [2.45, 2.75) is 188 Å². The smallest absolute Gasteiger partial charge is 0.150 e. The predicted molar refractivity (Wildman–Crippen MR) is 379 cm³/mol. The second kappa shape index (κ2) is 31.9. The highest BCUT2D eigenvalue weighted by Gasteiger charge is 2.49. The van der Waals surface area contributed by atoms with Crippen molar-refractivity contribution in [1.82, 2.24) is 0 Å². The largest absolute Gasteiger partial charge is 0.488 e. The number of hydrogen-bond donors (Lipinski definition) is 9. The molecule has 0 aliphatic heterocycles. The number of thiophene rings is 3. The summed E-state index contributed by atoms with van der Waals surface area (Å²) in [5.41, 5.74) is 11.6. The molecule has 11 nitrogen and oxygen atoms in total. The lowest BCUT2D eigenvalue weighted by Gasteiger charge is -2.40. The molecule has 93 heavy (non-hydrogen) atoms. The monoisotopic (exact) mass is 1310 g/mol. The maximum absolute atomic E-state index is 13.9. The van der Waals surface area contributed by atoms with E-state index in [1.807, 2.05) is 26.0 Å². The standard InChI is InChI=1S/C79H94O11S3/c1-10-53(29-31-80)56-20-26-68(48(6)33-56)71-40-65(92-50(71)8)25-16-52-15-17-58(42-82)73(35-52)76(85)79(88,75-39-64(24-19-60(75)44-84)89-45-66-37-61(47-91-66)70-27-21-57(36-55(70)12-3)54(11-2)30-32-81)77(86)74-38-63(23-18-59(74)43-83)90-46-67-41-72(51(9)93-67)69-28-22-62(34-49(69)7)78(87,13-4)14-5/h15,17-24,26-28,33-41,47,53-54,76-77,80-88H,10-14,16,25,29-32,42-46H2,1-9H3. The molecule has 0 spiro atoms. The average molecular weight is 1320 g/mol. The SMILES string of the molecule is CCc1cc(C(CC)CCO)ccc1-c1csc(COc2ccc(CO)c(C(O)(C(O)c3cc(CCc4cc(-c5ccc(C(CC)CCO)cc5C)c(C)s4)ccc3CO)C(O)c3cc(OCc4cc(-c5ccc(C(O)(CC)CC)cc5C)c(C)s4)ccc3CO)c2)c1. The van der Waals surface area contributed by atoms with Crippen LogP contribution in [-0.2, 0) is 63.5 Å². The van der Waals surface area contributed by atoms with E-state index < -0.39 is 43.2 Å². The molecule has 0 aliphatic carbocycles. The van der Waals surface area contributed by atoms with Crippen LogP contribution >= 0.6 is 34.0 Å². The first-order valence-electron chi connectivity index (χ1n) is 32.9. The number of ether oxygens (including phenoxy) is 2. The van der Waals surface area contributed by atoms with Crippen LogP contribution in [0.4, 0.5) is 0 Å². The molecule has 0 saturated heterocycles. The molecule has 9 rings (SSSR count). The summed E-state index contributed by atoms with van der Waals surface area (Å²) >= 11 is 4.88. The van der Waals surface area contributed by atoms with Crippen LogP contribution in [0.25, 0.3) is 33.4 Å². The summed E-state index contributed by atoms with van der Waals surface area (Å²) in [4.78, 5) is 5.29. The van der Waals surface area contributed by atoms with Gasteiger partial charge in [0.15, 0.2) is 0 Å². The molecule has 494 valence electrons. The van der Waals surface area contributed by atoms with Gasteiger partial charge in [-0.3, -0.25) is 0 Å². The van der Waals surface area contributed by atoms with E-state index in [1.165, 1.54) is 27.1 Å². The van der Waals surface area contributed by atoms with Crippen LogP contribution in [-0.4, -0.2) is 59.2 Å². The van der Waals surface area contributed by atoms with Crippen LogP contribution in [0.1, 0.15) is 194 Å². The van der Waals surface area contributed by atoms with Gasteiger partial charge in [0.1, 0.15) is 42.5 Å². The van der Waals surface area contributed by atoms with Crippen molar-refractivity contribution in [3.05, 3.63) is 229 Å². The molecule has 0 radical (unpaired) electrons. The average Bonchev–Trinajstić information content (AvgIpc) is 1.29. The zero-order valence-electron chi connectivity index (χ0n) is 55.4. The number of aryl methyl sites for hydroxylation is 7. The van der Waals surface area contributed by atoms with E-state index in [9.17, 15) is 46.0 Å². The quantitative estimate of drug-likeness (QED) is 0.0194.